The summed E-state index contributed by atoms with van der Waals surface area (Å²) >= 11 is 7.23. The zero-order valence-electron chi connectivity index (χ0n) is 19.3. The summed E-state index contributed by atoms with van der Waals surface area (Å²) in [6, 6.07) is 19.1. The van der Waals surface area contributed by atoms with Crippen LogP contribution in [0.1, 0.15) is 23.3 Å². The van der Waals surface area contributed by atoms with Crippen molar-refractivity contribution in [1.29, 1.82) is 0 Å². The maximum atomic E-state index is 13.6. The number of hydrogen-bond donors (Lipinski definition) is 3. The molecule has 9 heteroatoms. The van der Waals surface area contributed by atoms with Crippen molar-refractivity contribution in [3.63, 3.8) is 0 Å². The van der Waals surface area contributed by atoms with Crippen LogP contribution in [0.5, 0.6) is 11.5 Å². The van der Waals surface area contributed by atoms with Crippen LogP contribution in [-0.2, 0) is 4.79 Å². The molecule has 0 radical (unpaired) electrons. The highest BCUT2D eigenvalue weighted by molar-refractivity contribution is 8.00. The Morgan fingerprint density at radius 2 is 1.70 bits per heavy atom. The number of β-lactam (4-membered cyclic amide) rings is 1. The van der Waals surface area contributed by atoms with Gasteiger partial charge in [-0.25, -0.2) is 4.39 Å². The predicted octanol–water partition coefficient (Wildman–Crippen LogP) is 5.88. The highest BCUT2D eigenvalue weighted by atomic mass is 35.5. The SMILES string of the molecule is O=C1[C@H](SC[C@@H](O)c2ccc(Cl)cc2)[C@@H](c2ccc(O)cc2O)N1c1ccc(-c2cncc(F)c2)cc1. The predicted molar refractivity (Wildman–Crippen MR) is 142 cm³/mol. The topological polar surface area (TPSA) is 93.9 Å². The third-order valence-corrected chi connectivity index (χ3v) is 7.83. The summed E-state index contributed by atoms with van der Waals surface area (Å²) in [5.74, 6) is -0.580. The van der Waals surface area contributed by atoms with Crippen molar-refractivity contribution in [2.24, 2.45) is 0 Å². The molecule has 0 spiro atoms. The van der Waals surface area contributed by atoms with E-state index in [0.29, 0.717) is 27.4 Å². The van der Waals surface area contributed by atoms with E-state index in [9.17, 15) is 24.5 Å². The van der Waals surface area contributed by atoms with Crippen molar-refractivity contribution in [3.05, 3.63) is 107 Å². The van der Waals surface area contributed by atoms with Crippen LogP contribution in [0.2, 0.25) is 5.02 Å². The molecule has 0 unspecified atom stereocenters. The Balaban J connectivity index is 1.40. The maximum Gasteiger partial charge on any atom is 0.243 e. The Labute approximate surface area is 222 Å². The van der Waals surface area contributed by atoms with E-state index in [1.807, 2.05) is 0 Å². The van der Waals surface area contributed by atoms with Crippen LogP contribution < -0.4 is 4.90 Å². The molecule has 3 atom stereocenters. The molecule has 1 aromatic heterocycles. The van der Waals surface area contributed by atoms with Gasteiger partial charge in [0, 0.05) is 39.9 Å². The number of phenolic OH excluding ortho intramolecular Hbond substituents is 2. The second kappa shape index (κ2) is 10.4. The van der Waals surface area contributed by atoms with E-state index in [0.717, 1.165) is 11.8 Å². The molecule has 0 bridgehead atoms. The standard InChI is InChI=1S/C28H22ClFN2O4S/c29-19-5-1-17(2-6-19)25(35)15-37-27-26(23-10-9-22(33)12-24(23)34)32(28(27)36)21-7-3-16(4-8-21)18-11-20(30)14-31-13-18/h1-14,25-27,33-35H,15H2/t25-,26-,27-/m1/s1. The number of hydrogen-bond acceptors (Lipinski definition) is 6. The fourth-order valence-corrected chi connectivity index (χ4v) is 5.77. The first-order chi connectivity index (χ1) is 17.8. The first kappa shape index (κ1) is 25.1. The Morgan fingerprint density at radius 3 is 2.38 bits per heavy atom. The van der Waals surface area contributed by atoms with Gasteiger partial charge in [0.1, 0.15) is 22.6 Å². The number of benzene rings is 3. The summed E-state index contributed by atoms with van der Waals surface area (Å²) in [5, 5.41) is 31.0. The number of thioether (sulfide) groups is 1. The zero-order valence-corrected chi connectivity index (χ0v) is 20.9. The average molecular weight is 537 g/mol. The number of aliphatic hydroxyl groups is 1. The number of pyridine rings is 1. The van der Waals surface area contributed by atoms with Gasteiger partial charge in [-0.3, -0.25) is 9.78 Å². The van der Waals surface area contributed by atoms with Gasteiger partial charge in [0.05, 0.1) is 18.3 Å². The molecule has 1 fully saturated rings. The van der Waals surface area contributed by atoms with Crippen molar-refractivity contribution >= 4 is 35.0 Å². The number of rotatable bonds is 7. The minimum atomic E-state index is -0.808. The van der Waals surface area contributed by atoms with Crippen molar-refractivity contribution in [2.45, 2.75) is 17.4 Å². The quantitative estimate of drug-likeness (QED) is 0.256. The number of nitrogens with zero attached hydrogens (tertiary/aromatic N) is 2. The van der Waals surface area contributed by atoms with Crippen LogP contribution >= 0.6 is 23.4 Å². The number of phenols is 2. The van der Waals surface area contributed by atoms with E-state index < -0.39 is 23.2 Å². The van der Waals surface area contributed by atoms with Gasteiger partial charge >= 0.3 is 0 Å². The number of carbonyl (C=O) groups is 1. The molecule has 4 aromatic rings. The van der Waals surface area contributed by atoms with Crippen molar-refractivity contribution in [1.82, 2.24) is 4.98 Å². The Hall–Kier alpha value is -3.59. The van der Waals surface area contributed by atoms with Gasteiger partial charge in [-0.05, 0) is 53.6 Å². The lowest BCUT2D eigenvalue weighted by Crippen LogP contribution is -2.57. The molecule has 1 aliphatic heterocycles. The van der Waals surface area contributed by atoms with Crippen LogP contribution in [0.4, 0.5) is 10.1 Å². The van der Waals surface area contributed by atoms with Crippen LogP contribution in [0.25, 0.3) is 11.1 Å². The summed E-state index contributed by atoms with van der Waals surface area (Å²) in [6.07, 6.45) is 1.88. The van der Waals surface area contributed by atoms with Crippen LogP contribution in [-0.4, -0.2) is 37.2 Å². The van der Waals surface area contributed by atoms with Crippen LogP contribution in [0.15, 0.2) is 85.2 Å². The number of aromatic nitrogens is 1. The molecule has 1 saturated heterocycles. The fraction of sp³-hybridized carbons (Fsp3) is 0.143. The zero-order chi connectivity index (χ0) is 26.1. The molecule has 6 nitrogen and oxygen atoms in total. The van der Waals surface area contributed by atoms with Gasteiger partial charge in [-0.2, -0.15) is 0 Å². The molecule has 1 amide bonds. The summed E-state index contributed by atoms with van der Waals surface area (Å²) in [7, 11) is 0. The Kier molecular flexibility index (Phi) is 7.06. The van der Waals surface area contributed by atoms with Gasteiger partial charge in [0.25, 0.3) is 0 Å². The highest BCUT2D eigenvalue weighted by Crippen LogP contribution is 2.48. The lowest BCUT2D eigenvalue weighted by atomic mass is 9.91. The minimum absolute atomic E-state index is 0.0890. The van der Waals surface area contributed by atoms with E-state index in [1.54, 1.807) is 65.7 Å². The van der Waals surface area contributed by atoms with Gasteiger partial charge in [-0.15, -0.1) is 11.8 Å². The summed E-state index contributed by atoms with van der Waals surface area (Å²) in [5.41, 5.74) is 3.12. The van der Waals surface area contributed by atoms with E-state index in [2.05, 4.69) is 4.98 Å². The molecule has 1 aliphatic rings. The van der Waals surface area contributed by atoms with Gasteiger partial charge in [-0.1, -0.05) is 35.9 Å². The number of carbonyl (C=O) groups excluding carboxylic acids is 1. The minimum Gasteiger partial charge on any atom is -0.508 e. The molecule has 37 heavy (non-hydrogen) atoms. The van der Waals surface area contributed by atoms with E-state index in [4.69, 9.17) is 11.6 Å². The van der Waals surface area contributed by atoms with Crippen molar-refractivity contribution < 1.29 is 24.5 Å². The largest absolute Gasteiger partial charge is 0.508 e. The van der Waals surface area contributed by atoms with Gasteiger partial charge in [0.15, 0.2) is 0 Å². The first-order valence-corrected chi connectivity index (χ1v) is 12.9. The third kappa shape index (κ3) is 5.13. The number of aromatic hydroxyl groups is 2. The summed E-state index contributed by atoms with van der Waals surface area (Å²) in [4.78, 5) is 18.8. The first-order valence-electron chi connectivity index (χ1n) is 11.4. The fourth-order valence-electron chi connectivity index (χ4n) is 4.36. The van der Waals surface area contributed by atoms with E-state index in [-0.39, 0.29) is 23.2 Å². The summed E-state index contributed by atoms with van der Waals surface area (Å²) < 4.78 is 13.6. The van der Waals surface area contributed by atoms with Crippen LogP contribution in [0.3, 0.4) is 0 Å². The van der Waals surface area contributed by atoms with Crippen LogP contribution in [0, 0.1) is 5.82 Å². The normalized spacial score (nSPS) is 17.9. The smallest absolute Gasteiger partial charge is 0.243 e. The summed E-state index contributed by atoms with van der Waals surface area (Å²) in [6.45, 7) is 0. The molecule has 3 N–H and O–H groups in total. The average Bonchev–Trinajstić information content (AvgIpc) is 2.88. The number of aliphatic hydroxyl groups excluding tert-OH is 1. The number of amides is 1. The van der Waals surface area contributed by atoms with E-state index in [1.165, 1.54) is 30.0 Å². The molecule has 3 aromatic carbocycles. The number of halogens is 2. The molecule has 0 saturated carbocycles. The molecular formula is C28H22ClFN2O4S. The molecule has 2 heterocycles. The number of anilines is 1. The Bertz CT molecular complexity index is 1440. The second-order valence-corrected chi connectivity index (χ2v) is 10.3. The molecule has 5 rings (SSSR count). The molecule has 0 aliphatic carbocycles. The second-order valence-electron chi connectivity index (χ2n) is 8.66. The van der Waals surface area contributed by atoms with Gasteiger partial charge < -0.3 is 20.2 Å². The van der Waals surface area contributed by atoms with Crippen molar-refractivity contribution in [3.8, 4) is 22.6 Å². The Morgan fingerprint density at radius 1 is 0.973 bits per heavy atom. The van der Waals surface area contributed by atoms with Gasteiger partial charge in [0.2, 0.25) is 5.91 Å². The maximum absolute atomic E-state index is 13.6. The van der Waals surface area contributed by atoms with E-state index >= 15 is 0 Å². The lowest BCUT2D eigenvalue weighted by molar-refractivity contribution is -0.123. The highest BCUT2D eigenvalue weighted by Gasteiger charge is 2.50. The molecule has 188 valence electrons. The van der Waals surface area contributed by atoms with Crippen molar-refractivity contribution in [2.75, 3.05) is 10.7 Å². The lowest BCUT2D eigenvalue weighted by Gasteiger charge is -2.47. The molecular weight excluding hydrogens is 515 g/mol. The third-order valence-electron chi connectivity index (χ3n) is 6.25. The monoisotopic (exact) mass is 536 g/mol.